The lowest BCUT2D eigenvalue weighted by atomic mass is 10.1. The molecule has 24 heavy (non-hydrogen) atoms. The van der Waals surface area contributed by atoms with Gasteiger partial charge >= 0.3 is 0 Å². The summed E-state index contributed by atoms with van der Waals surface area (Å²) in [6.07, 6.45) is 0. The van der Waals surface area contributed by atoms with Gasteiger partial charge in [0.15, 0.2) is 0 Å². The van der Waals surface area contributed by atoms with E-state index in [0.717, 1.165) is 32.2 Å². The molecular weight excluding hydrogens is 332 g/mol. The molecule has 0 aliphatic carbocycles. The maximum absolute atomic E-state index is 4.82. The van der Waals surface area contributed by atoms with Gasteiger partial charge in [0.25, 0.3) is 0 Å². The first-order valence-corrected chi connectivity index (χ1v) is 9.33. The van der Waals surface area contributed by atoms with Crippen molar-refractivity contribution in [3.8, 4) is 21.1 Å². The van der Waals surface area contributed by atoms with Crippen LogP contribution in [0.5, 0.6) is 0 Å². The molecule has 0 radical (unpaired) electrons. The van der Waals surface area contributed by atoms with E-state index in [1.165, 1.54) is 9.40 Å². The molecule has 2 aromatic heterocycles. The van der Waals surface area contributed by atoms with Crippen LogP contribution in [0.15, 0.2) is 72.8 Å². The van der Waals surface area contributed by atoms with Crippen LogP contribution in [-0.2, 0) is 0 Å². The first-order chi connectivity index (χ1) is 11.9. The largest absolute Gasteiger partial charge is 0.236 e. The van der Waals surface area contributed by atoms with Crippen LogP contribution in [0, 0.1) is 0 Å². The molecule has 0 saturated carbocycles. The van der Waals surface area contributed by atoms with Crippen molar-refractivity contribution in [3.63, 3.8) is 0 Å². The zero-order chi connectivity index (χ0) is 15.9. The number of para-hydroxylation sites is 2. The first kappa shape index (κ1) is 13.8. The van der Waals surface area contributed by atoms with Gasteiger partial charge in [-0.3, -0.25) is 0 Å². The Bertz CT molecular complexity index is 1010. The highest BCUT2D eigenvalue weighted by Crippen LogP contribution is 2.39. The quantitative estimate of drug-likeness (QED) is 0.379. The number of benzene rings is 3. The van der Waals surface area contributed by atoms with Crippen molar-refractivity contribution in [3.05, 3.63) is 72.8 Å². The van der Waals surface area contributed by atoms with Gasteiger partial charge in [0.2, 0.25) is 0 Å². The first-order valence-electron chi connectivity index (χ1n) is 7.69. The smallest absolute Gasteiger partial charge is 0.125 e. The normalized spacial score (nSPS) is 11.3. The van der Waals surface area contributed by atoms with Crippen LogP contribution in [0.3, 0.4) is 0 Å². The minimum atomic E-state index is 1.05. The summed E-state index contributed by atoms with van der Waals surface area (Å²) in [5.74, 6) is 0. The second kappa shape index (κ2) is 5.51. The molecule has 0 bridgehead atoms. The lowest BCUT2D eigenvalue weighted by molar-refractivity contribution is 1.44. The lowest BCUT2D eigenvalue weighted by Gasteiger charge is -2.03. The Balaban J connectivity index is 1.72. The second-order valence-corrected chi connectivity index (χ2v) is 7.58. The van der Waals surface area contributed by atoms with Crippen molar-refractivity contribution in [1.29, 1.82) is 0 Å². The van der Waals surface area contributed by atoms with E-state index in [1.54, 1.807) is 22.7 Å². The number of nitrogens with zero attached hydrogens (tertiary/aromatic N) is 2. The van der Waals surface area contributed by atoms with Crippen molar-refractivity contribution in [1.82, 2.24) is 9.97 Å². The van der Waals surface area contributed by atoms with Crippen molar-refractivity contribution in [2.45, 2.75) is 0 Å². The summed E-state index contributed by atoms with van der Waals surface area (Å²) in [6, 6.07) is 25.0. The van der Waals surface area contributed by atoms with E-state index < -0.39 is 0 Å². The van der Waals surface area contributed by atoms with Gasteiger partial charge in [-0.25, -0.2) is 9.97 Å². The van der Waals surface area contributed by atoms with E-state index in [-0.39, 0.29) is 0 Å². The minimum Gasteiger partial charge on any atom is -0.236 e. The average molecular weight is 344 g/mol. The van der Waals surface area contributed by atoms with E-state index in [2.05, 4.69) is 60.7 Å². The third-order valence-corrected chi connectivity index (χ3v) is 6.12. The maximum Gasteiger partial charge on any atom is 0.125 e. The number of hydrogen-bond donors (Lipinski definition) is 0. The predicted molar refractivity (Wildman–Crippen MR) is 104 cm³/mol. The predicted octanol–water partition coefficient (Wildman–Crippen LogP) is 6.24. The maximum atomic E-state index is 4.82. The van der Waals surface area contributed by atoms with E-state index in [9.17, 15) is 0 Å². The molecule has 114 valence electrons. The molecule has 0 amide bonds. The standard InChI is InChI=1S/C20H12N2S2/c1-2-8-14(20-22-16-10-4-6-12-18(16)24-20)13(7-1)19-21-15-9-3-5-11-17(15)23-19/h1-12H. The van der Waals surface area contributed by atoms with Crippen molar-refractivity contribution in [2.75, 3.05) is 0 Å². The Kier molecular flexibility index (Phi) is 3.18. The monoisotopic (exact) mass is 344 g/mol. The van der Waals surface area contributed by atoms with Crippen LogP contribution in [0.2, 0.25) is 0 Å². The summed E-state index contributed by atoms with van der Waals surface area (Å²) >= 11 is 3.46. The van der Waals surface area contributed by atoms with E-state index >= 15 is 0 Å². The topological polar surface area (TPSA) is 25.8 Å². The molecule has 2 nitrogen and oxygen atoms in total. The van der Waals surface area contributed by atoms with Gasteiger partial charge in [-0.2, -0.15) is 0 Å². The summed E-state index contributed by atoms with van der Waals surface area (Å²) in [5.41, 5.74) is 4.41. The zero-order valence-corrected chi connectivity index (χ0v) is 14.3. The number of aromatic nitrogens is 2. The van der Waals surface area contributed by atoms with Crippen LogP contribution in [0.4, 0.5) is 0 Å². The summed E-state index contributed by atoms with van der Waals surface area (Å²) in [7, 11) is 0. The van der Waals surface area contributed by atoms with Gasteiger partial charge in [-0.1, -0.05) is 48.5 Å². The molecule has 5 aromatic rings. The fourth-order valence-corrected chi connectivity index (χ4v) is 4.84. The van der Waals surface area contributed by atoms with Gasteiger partial charge in [0.05, 0.1) is 20.4 Å². The van der Waals surface area contributed by atoms with Gasteiger partial charge < -0.3 is 0 Å². The molecule has 5 rings (SSSR count). The van der Waals surface area contributed by atoms with E-state index in [0.29, 0.717) is 0 Å². The SMILES string of the molecule is c1ccc(-c2nc3ccccc3s2)c(-c2nc3ccccc3s2)c1. The van der Waals surface area contributed by atoms with Gasteiger partial charge in [-0.15, -0.1) is 22.7 Å². The Morgan fingerprint density at radius 3 is 1.38 bits per heavy atom. The lowest BCUT2D eigenvalue weighted by Crippen LogP contribution is -1.83. The number of fused-ring (bicyclic) bond motifs is 2. The molecule has 0 fully saturated rings. The summed E-state index contributed by atoms with van der Waals surface area (Å²) in [5, 5.41) is 2.09. The van der Waals surface area contributed by atoms with Crippen LogP contribution < -0.4 is 0 Å². The highest BCUT2D eigenvalue weighted by atomic mass is 32.1. The molecule has 0 N–H and O–H groups in total. The van der Waals surface area contributed by atoms with E-state index in [4.69, 9.17) is 9.97 Å². The van der Waals surface area contributed by atoms with E-state index in [1.807, 2.05) is 12.1 Å². The van der Waals surface area contributed by atoms with Gasteiger partial charge in [-0.05, 0) is 24.3 Å². The van der Waals surface area contributed by atoms with Gasteiger partial charge in [0, 0.05) is 11.1 Å². The number of hydrogen-bond acceptors (Lipinski definition) is 4. The fraction of sp³-hybridized carbons (Fsp3) is 0. The molecule has 0 unspecified atom stereocenters. The average Bonchev–Trinajstić information content (AvgIpc) is 3.25. The van der Waals surface area contributed by atoms with Crippen molar-refractivity contribution < 1.29 is 0 Å². The Morgan fingerprint density at radius 1 is 0.500 bits per heavy atom. The van der Waals surface area contributed by atoms with Crippen LogP contribution in [0.1, 0.15) is 0 Å². The molecule has 0 aliphatic rings. The highest BCUT2D eigenvalue weighted by Gasteiger charge is 2.14. The molecule has 0 atom stereocenters. The number of rotatable bonds is 2. The Morgan fingerprint density at radius 2 is 0.917 bits per heavy atom. The Hall–Kier alpha value is -2.56. The summed E-state index contributed by atoms with van der Waals surface area (Å²) in [6.45, 7) is 0. The Labute approximate surface area is 147 Å². The van der Waals surface area contributed by atoms with Gasteiger partial charge in [0.1, 0.15) is 10.0 Å². The summed E-state index contributed by atoms with van der Waals surface area (Å²) in [4.78, 5) is 9.64. The van der Waals surface area contributed by atoms with Crippen LogP contribution in [0.25, 0.3) is 41.6 Å². The highest BCUT2D eigenvalue weighted by molar-refractivity contribution is 7.22. The van der Waals surface area contributed by atoms with Crippen LogP contribution >= 0.6 is 22.7 Å². The molecule has 2 heterocycles. The van der Waals surface area contributed by atoms with Crippen molar-refractivity contribution in [2.24, 2.45) is 0 Å². The van der Waals surface area contributed by atoms with Crippen LogP contribution in [-0.4, -0.2) is 9.97 Å². The third-order valence-electron chi connectivity index (χ3n) is 3.98. The molecular formula is C20H12N2S2. The second-order valence-electron chi connectivity index (χ2n) is 5.52. The summed E-state index contributed by atoms with van der Waals surface area (Å²) < 4.78 is 2.43. The minimum absolute atomic E-state index is 1.05. The zero-order valence-electron chi connectivity index (χ0n) is 12.6. The molecule has 3 aromatic carbocycles. The van der Waals surface area contributed by atoms with Crippen molar-refractivity contribution >= 4 is 43.1 Å². The molecule has 0 aliphatic heterocycles. The third kappa shape index (κ3) is 2.23. The number of thiazole rings is 2. The molecule has 4 heteroatoms. The fourth-order valence-electron chi connectivity index (χ4n) is 2.83. The molecule has 0 saturated heterocycles. The molecule has 0 spiro atoms.